The number of sulfonamides is 3. The number of ether oxygens (including phenoxy) is 1. The van der Waals surface area contributed by atoms with Crippen LogP contribution in [0.1, 0.15) is 63.8 Å². The minimum absolute atomic E-state index is 0.0709. The molecular weight excluding hydrogens is 1100 g/mol. The minimum atomic E-state index is -4.50. The van der Waals surface area contributed by atoms with Gasteiger partial charge in [-0.15, -0.1) is 0 Å². The van der Waals surface area contributed by atoms with E-state index in [4.69, 9.17) is 4.74 Å². The first-order valence-corrected chi connectivity index (χ1v) is 30.9. The molecule has 13 nitrogen and oxygen atoms in total. The van der Waals surface area contributed by atoms with E-state index in [2.05, 4.69) is 73.0 Å². The van der Waals surface area contributed by atoms with Gasteiger partial charge in [-0.05, 0) is 181 Å². The van der Waals surface area contributed by atoms with Gasteiger partial charge in [-0.25, -0.2) is 43.8 Å². The molecule has 0 saturated carbocycles. The summed E-state index contributed by atoms with van der Waals surface area (Å²) in [6.45, 7) is 15.3. The van der Waals surface area contributed by atoms with Gasteiger partial charge in [-0.1, -0.05) is 72.8 Å². The van der Waals surface area contributed by atoms with Crippen LogP contribution in [0, 0.1) is 5.82 Å². The molecular formula is C61H68F4N6O7S3. The Balaban J connectivity index is 0.000000160. The van der Waals surface area contributed by atoms with Gasteiger partial charge < -0.3 is 19.4 Å². The monoisotopic (exact) mass is 1170 g/mol. The first-order valence-electron chi connectivity index (χ1n) is 26.5. The van der Waals surface area contributed by atoms with E-state index in [1.807, 2.05) is 100 Å². The fourth-order valence-corrected chi connectivity index (χ4v) is 13.6. The molecule has 0 atom stereocenters. The summed E-state index contributed by atoms with van der Waals surface area (Å²) in [6, 6.07) is 48.7. The van der Waals surface area contributed by atoms with Crippen LogP contribution in [0.4, 0.5) is 34.6 Å². The third-order valence-corrected chi connectivity index (χ3v) is 18.9. The molecule has 3 aliphatic heterocycles. The van der Waals surface area contributed by atoms with Crippen LogP contribution in [0.3, 0.4) is 0 Å². The molecule has 7 aromatic carbocycles. The number of alkyl halides is 3. The van der Waals surface area contributed by atoms with E-state index >= 15 is 0 Å². The summed E-state index contributed by atoms with van der Waals surface area (Å²) in [5.41, 5.74) is 5.13. The number of hydrogen-bond donors (Lipinski definition) is 3. The van der Waals surface area contributed by atoms with Crippen molar-refractivity contribution in [3.8, 4) is 11.5 Å². The number of benzene rings is 7. The lowest BCUT2D eigenvalue weighted by molar-refractivity contribution is -0.137. The highest BCUT2D eigenvalue weighted by molar-refractivity contribution is 7.90. The molecule has 0 saturated heterocycles. The molecule has 20 heteroatoms. The highest BCUT2D eigenvalue weighted by atomic mass is 32.2. The first kappa shape index (κ1) is 60.3. The van der Waals surface area contributed by atoms with Crippen molar-refractivity contribution in [3.63, 3.8) is 0 Å². The molecule has 0 radical (unpaired) electrons. The second-order valence-corrected chi connectivity index (χ2v) is 27.2. The summed E-state index contributed by atoms with van der Waals surface area (Å²) in [6.07, 6.45) is -1.66. The average molecular weight is 1170 g/mol. The predicted molar refractivity (Wildman–Crippen MR) is 311 cm³/mol. The van der Waals surface area contributed by atoms with Crippen molar-refractivity contribution in [3.05, 3.63) is 204 Å². The van der Waals surface area contributed by atoms with Crippen LogP contribution in [0.25, 0.3) is 0 Å². The van der Waals surface area contributed by atoms with E-state index in [-0.39, 0.29) is 38.9 Å². The van der Waals surface area contributed by atoms with Crippen LogP contribution in [-0.4, -0.2) is 81.1 Å². The van der Waals surface area contributed by atoms with Gasteiger partial charge >= 0.3 is 6.18 Å². The largest absolute Gasteiger partial charge is 0.457 e. The summed E-state index contributed by atoms with van der Waals surface area (Å²) in [5, 5.41) is 0. The van der Waals surface area contributed by atoms with Crippen LogP contribution in [-0.2, 0) is 55.5 Å². The van der Waals surface area contributed by atoms with E-state index in [0.29, 0.717) is 18.0 Å². The number of halogens is 4. The third-order valence-electron chi connectivity index (χ3n) is 14.7. The highest BCUT2D eigenvalue weighted by Crippen LogP contribution is 2.37. The van der Waals surface area contributed by atoms with E-state index < -0.39 is 53.2 Å². The van der Waals surface area contributed by atoms with Gasteiger partial charge in [-0.2, -0.15) is 13.2 Å². The Bertz CT molecular complexity index is 3630. The molecule has 0 amide bonds. The number of anilines is 3. The zero-order valence-electron chi connectivity index (χ0n) is 46.0. The Kier molecular flexibility index (Phi) is 18.1. The van der Waals surface area contributed by atoms with Crippen molar-refractivity contribution in [2.45, 2.75) is 98.3 Å². The Hall–Kier alpha value is -6.81. The average Bonchev–Trinajstić information content (AvgIpc) is 4.23. The summed E-state index contributed by atoms with van der Waals surface area (Å²) < 4.78 is 140. The minimum Gasteiger partial charge on any atom is -0.457 e. The number of fused-ring (bicyclic) bond motifs is 3. The summed E-state index contributed by atoms with van der Waals surface area (Å²) >= 11 is 0. The van der Waals surface area contributed by atoms with Crippen LogP contribution < -0.4 is 33.6 Å². The maximum absolute atomic E-state index is 13.0. The van der Waals surface area contributed by atoms with Crippen LogP contribution in [0.15, 0.2) is 191 Å². The first-order chi connectivity index (χ1) is 38.2. The number of para-hydroxylation sites is 4. The molecule has 0 fully saturated rings. The van der Waals surface area contributed by atoms with E-state index in [1.165, 1.54) is 34.5 Å². The molecule has 0 bridgehead atoms. The van der Waals surface area contributed by atoms with Gasteiger partial charge in [0.25, 0.3) is 0 Å². The Morgan fingerprint density at radius 1 is 0.407 bits per heavy atom. The van der Waals surface area contributed by atoms with Crippen LogP contribution in [0.2, 0.25) is 0 Å². The maximum atomic E-state index is 13.0. The molecule has 0 spiro atoms. The Morgan fingerprint density at radius 3 is 1.05 bits per heavy atom. The second kappa shape index (κ2) is 24.3. The standard InChI is InChI=1S/C24H26N2O3S.C19H21F3N2O2S.C18H21FN2O2S/c1-24(2,26-17-16-19-8-6-7-11-23(19)26)18-25-30(27,28)22-14-12-21(13-15-22)29-20-9-4-3-5-10-20;1-18(2,24-12-11-14-5-3-4-6-17(14)24)13-23-27(25,26)16-9-7-15(8-10-16)19(20,21)22;1-18(2,21-12-11-14-5-3-4-6-17(14)21)13-20-24(22,23)16-9-7-15(19)8-10-16/h3-15,25H,16-18H2,1-2H3;3-10,23H,11-13H2,1-2H3;3-10,20H,11-13H2,1-2H3. The van der Waals surface area contributed by atoms with Crippen molar-refractivity contribution >= 4 is 47.1 Å². The number of nitrogens with one attached hydrogen (secondary N) is 3. The molecule has 10 rings (SSSR count). The molecule has 81 heavy (non-hydrogen) atoms. The van der Waals surface area contributed by atoms with Crippen molar-refractivity contribution in [2.24, 2.45) is 0 Å². The van der Waals surface area contributed by atoms with Crippen molar-refractivity contribution < 1.29 is 47.6 Å². The molecule has 430 valence electrons. The number of nitrogens with zero attached hydrogens (tertiary/aromatic N) is 3. The van der Waals surface area contributed by atoms with Gasteiger partial charge in [0.1, 0.15) is 17.3 Å². The summed E-state index contributed by atoms with van der Waals surface area (Å²) in [4.78, 5) is 6.77. The van der Waals surface area contributed by atoms with Crippen molar-refractivity contribution in [1.29, 1.82) is 0 Å². The lowest BCUT2D eigenvalue weighted by atomic mass is 10.0. The molecule has 7 aromatic rings. The number of rotatable bonds is 17. The highest BCUT2D eigenvalue weighted by Gasteiger charge is 2.37. The third kappa shape index (κ3) is 14.8. The van der Waals surface area contributed by atoms with E-state index in [1.54, 1.807) is 24.3 Å². The van der Waals surface area contributed by atoms with Gasteiger partial charge in [0, 0.05) is 72.9 Å². The van der Waals surface area contributed by atoms with Crippen molar-refractivity contribution in [1.82, 2.24) is 14.2 Å². The normalized spacial score (nSPS) is 14.5. The predicted octanol–water partition coefficient (Wildman–Crippen LogP) is 11.4. The van der Waals surface area contributed by atoms with Gasteiger partial charge in [0.15, 0.2) is 0 Å². The van der Waals surface area contributed by atoms with E-state index in [0.717, 1.165) is 86.7 Å². The van der Waals surface area contributed by atoms with Gasteiger partial charge in [0.05, 0.1) is 20.2 Å². The summed E-state index contributed by atoms with van der Waals surface area (Å²) in [5.74, 6) is 0.844. The maximum Gasteiger partial charge on any atom is 0.416 e. The topological polar surface area (TPSA) is 157 Å². The van der Waals surface area contributed by atoms with Crippen LogP contribution >= 0.6 is 0 Å². The lowest BCUT2D eigenvalue weighted by Crippen LogP contribution is -2.51. The molecule has 0 aromatic heterocycles. The molecule has 0 aliphatic carbocycles. The SMILES string of the molecule is CC(C)(CNS(=O)(=O)c1ccc(C(F)(F)F)cc1)N1CCc2ccccc21.CC(C)(CNS(=O)(=O)c1ccc(F)cc1)N1CCc2ccccc21.CC(C)(CNS(=O)(=O)c1ccc(Oc2ccccc2)cc1)N1CCc2ccccc21. The second-order valence-electron chi connectivity index (χ2n) is 21.9. The quantitative estimate of drug-likeness (QED) is 0.0750. The molecule has 3 aliphatic rings. The molecule has 0 unspecified atom stereocenters. The van der Waals surface area contributed by atoms with Crippen molar-refractivity contribution in [2.75, 3.05) is 54.0 Å². The smallest absolute Gasteiger partial charge is 0.416 e. The Labute approximate surface area is 474 Å². The number of hydrogen-bond acceptors (Lipinski definition) is 10. The van der Waals surface area contributed by atoms with E-state index in [9.17, 15) is 42.8 Å². The fraction of sp³-hybridized carbons (Fsp3) is 0.311. The molecule has 3 N–H and O–H groups in total. The Morgan fingerprint density at radius 2 is 0.704 bits per heavy atom. The zero-order chi connectivity index (χ0) is 58.4. The fourth-order valence-electron chi connectivity index (χ4n) is 10.0. The molecule has 3 heterocycles. The zero-order valence-corrected chi connectivity index (χ0v) is 48.5. The van der Waals surface area contributed by atoms with Crippen LogP contribution in [0.5, 0.6) is 11.5 Å². The van der Waals surface area contributed by atoms with Gasteiger partial charge in [0.2, 0.25) is 30.1 Å². The lowest BCUT2D eigenvalue weighted by Gasteiger charge is -2.38. The van der Waals surface area contributed by atoms with Gasteiger partial charge in [-0.3, -0.25) is 0 Å². The summed E-state index contributed by atoms with van der Waals surface area (Å²) in [7, 11) is -11.2.